The minimum absolute atomic E-state index is 0.326. The number of carbonyl (C=O) groups is 1. The Hall–Kier alpha value is -2.90. The SMILES string of the molecule is COc1cc(-c2ccccc2)sc1C(=O)Nc1ccc(N2CCOCC2)c(F)c1. The fourth-order valence-corrected chi connectivity index (χ4v) is 4.29. The molecule has 1 aliphatic rings. The molecule has 4 rings (SSSR count). The zero-order chi connectivity index (χ0) is 20.2. The van der Waals surface area contributed by atoms with Crippen molar-refractivity contribution in [2.45, 2.75) is 0 Å². The van der Waals surface area contributed by atoms with Crippen molar-refractivity contribution in [1.82, 2.24) is 0 Å². The number of thiophene rings is 1. The molecule has 2 heterocycles. The molecule has 2 aromatic carbocycles. The minimum atomic E-state index is -0.368. The first-order valence-corrected chi connectivity index (χ1v) is 10.1. The van der Waals surface area contributed by atoms with Gasteiger partial charge in [-0.15, -0.1) is 11.3 Å². The maximum atomic E-state index is 14.6. The van der Waals surface area contributed by atoms with Crippen LogP contribution in [0.15, 0.2) is 54.6 Å². The maximum absolute atomic E-state index is 14.6. The van der Waals surface area contributed by atoms with Gasteiger partial charge in [-0.3, -0.25) is 4.79 Å². The van der Waals surface area contributed by atoms with Crippen LogP contribution < -0.4 is 15.0 Å². The van der Waals surface area contributed by atoms with Gasteiger partial charge in [0, 0.05) is 23.7 Å². The average molecular weight is 412 g/mol. The number of carbonyl (C=O) groups excluding carboxylic acids is 1. The molecular formula is C22H21FN2O3S. The molecule has 1 saturated heterocycles. The van der Waals surface area contributed by atoms with Gasteiger partial charge < -0.3 is 19.7 Å². The van der Waals surface area contributed by atoms with E-state index in [-0.39, 0.29) is 11.7 Å². The third kappa shape index (κ3) is 4.26. The summed E-state index contributed by atoms with van der Waals surface area (Å²) in [4.78, 5) is 16.1. The summed E-state index contributed by atoms with van der Waals surface area (Å²) in [6.07, 6.45) is 0. The Morgan fingerprint density at radius 1 is 1.14 bits per heavy atom. The molecule has 0 unspecified atom stereocenters. The van der Waals surface area contributed by atoms with Crippen LogP contribution in [-0.2, 0) is 4.74 Å². The average Bonchev–Trinajstić information content (AvgIpc) is 3.20. The molecule has 1 fully saturated rings. The molecule has 0 atom stereocenters. The summed E-state index contributed by atoms with van der Waals surface area (Å²) in [5, 5.41) is 2.78. The number of halogens is 1. The number of amides is 1. The molecule has 0 radical (unpaired) electrons. The summed E-state index contributed by atoms with van der Waals surface area (Å²) in [6.45, 7) is 2.47. The standard InChI is InChI=1S/C22H21FN2O3S/c1-27-19-14-20(15-5-3-2-4-6-15)29-21(19)22(26)24-16-7-8-18(17(23)13-16)25-9-11-28-12-10-25/h2-8,13-14H,9-12H2,1H3,(H,24,26). The molecule has 29 heavy (non-hydrogen) atoms. The Morgan fingerprint density at radius 3 is 2.59 bits per heavy atom. The van der Waals surface area contributed by atoms with E-state index in [0.29, 0.717) is 48.3 Å². The normalized spacial score (nSPS) is 13.9. The highest BCUT2D eigenvalue weighted by Gasteiger charge is 2.20. The zero-order valence-electron chi connectivity index (χ0n) is 16.0. The molecule has 0 bridgehead atoms. The zero-order valence-corrected chi connectivity index (χ0v) is 16.8. The Bertz CT molecular complexity index is 1000. The van der Waals surface area contributed by atoms with Gasteiger partial charge in [0.05, 0.1) is 26.0 Å². The van der Waals surface area contributed by atoms with E-state index in [2.05, 4.69) is 5.32 Å². The highest BCUT2D eigenvalue weighted by atomic mass is 32.1. The van der Waals surface area contributed by atoms with Crippen molar-refractivity contribution in [3.05, 3.63) is 65.3 Å². The monoisotopic (exact) mass is 412 g/mol. The molecule has 1 amide bonds. The lowest BCUT2D eigenvalue weighted by Crippen LogP contribution is -2.36. The first-order valence-electron chi connectivity index (χ1n) is 9.32. The Labute approximate surface area is 172 Å². The number of methoxy groups -OCH3 is 1. The van der Waals surface area contributed by atoms with Crippen molar-refractivity contribution in [3.63, 3.8) is 0 Å². The van der Waals surface area contributed by atoms with Gasteiger partial charge >= 0.3 is 0 Å². The minimum Gasteiger partial charge on any atom is -0.495 e. The van der Waals surface area contributed by atoms with Gasteiger partial charge in [-0.25, -0.2) is 4.39 Å². The van der Waals surface area contributed by atoms with Crippen molar-refractivity contribution in [2.75, 3.05) is 43.6 Å². The van der Waals surface area contributed by atoms with Gasteiger partial charge in [0.1, 0.15) is 16.4 Å². The summed E-state index contributed by atoms with van der Waals surface area (Å²) in [6, 6.07) is 16.4. The van der Waals surface area contributed by atoms with E-state index in [1.54, 1.807) is 12.1 Å². The van der Waals surface area contributed by atoms with E-state index in [1.165, 1.54) is 24.5 Å². The molecule has 0 aliphatic carbocycles. The van der Waals surface area contributed by atoms with Gasteiger partial charge in [0.15, 0.2) is 0 Å². The lowest BCUT2D eigenvalue weighted by molar-refractivity contribution is 0.102. The number of anilines is 2. The van der Waals surface area contributed by atoms with Crippen LogP contribution in [0, 0.1) is 5.82 Å². The second-order valence-corrected chi connectivity index (χ2v) is 7.65. The van der Waals surface area contributed by atoms with E-state index < -0.39 is 0 Å². The van der Waals surface area contributed by atoms with Crippen molar-refractivity contribution >= 4 is 28.6 Å². The van der Waals surface area contributed by atoms with Gasteiger partial charge in [-0.05, 0) is 29.8 Å². The predicted molar refractivity (Wildman–Crippen MR) is 114 cm³/mol. The lowest BCUT2D eigenvalue weighted by atomic mass is 10.2. The number of hydrogen-bond donors (Lipinski definition) is 1. The Kier molecular flexibility index (Phi) is 5.78. The summed E-state index contributed by atoms with van der Waals surface area (Å²) >= 11 is 1.34. The van der Waals surface area contributed by atoms with Crippen LogP contribution in [0.2, 0.25) is 0 Å². The van der Waals surface area contributed by atoms with Crippen LogP contribution in [0.1, 0.15) is 9.67 Å². The van der Waals surface area contributed by atoms with Crippen LogP contribution in [0.3, 0.4) is 0 Å². The lowest BCUT2D eigenvalue weighted by Gasteiger charge is -2.29. The van der Waals surface area contributed by atoms with E-state index in [9.17, 15) is 9.18 Å². The molecule has 3 aromatic rings. The Morgan fingerprint density at radius 2 is 1.90 bits per heavy atom. The smallest absolute Gasteiger partial charge is 0.269 e. The predicted octanol–water partition coefficient (Wildman–Crippen LogP) is 4.65. The molecule has 150 valence electrons. The molecule has 1 aliphatic heterocycles. The molecular weight excluding hydrogens is 391 g/mol. The number of benzene rings is 2. The largest absolute Gasteiger partial charge is 0.495 e. The molecule has 0 spiro atoms. The number of nitrogens with zero attached hydrogens (tertiary/aromatic N) is 1. The topological polar surface area (TPSA) is 50.8 Å². The van der Waals surface area contributed by atoms with Crippen LogP contribution in [-0.4, -0.2) is 39.3 Å². The second kappa shape index (κ2) is 8.63. The number of hydrogen-bond acceptors (Lipinski definition) is 5. The fourth-order valence-electron chi connectivity index (χ4n) is 3.26. The second-order valence-electron chi connectivity index (χ2n) is 6.59. The number of morpholine rings is 1. The molecule has 5 nitrogen and oxygen atoms in total. The van der Waals surface area contributed by atoms with E-state index in [4.69, 9.17) is 9.47 Å². The highest BCUT2D eigenvalue weighted by Crippen LogP contribution is 2.36. The third-order valence-electron chi connectivity index (χ3n) is 4.74. The van der Waals surface area contributed by atoms with Crippen LogP contribution in [0.4, 0.5) is 15.8 Å². The van der Waals surface area contributed by atoms with Crippen molar-refractivity contribution in [1.29, 1.82) is 0 Å². The van der Waals surface area contributed by atoms with Crippen molar-refractivity contribution < 1.29 is 18.7 Å². The first kappa shape index (κ1) is 19.4. The van der Waals surface area contributed by atoms with E-state index in [1.807, 2.05) is 41.3 Å². The number of nitrogens with one attached hydrogen (secondary N) is 1. The quantitative estimate of drug-likeness (QED) is 0.663. The van der Waals surface area contributed by atoms with Crippen LogP contribution >= 0.6 is 11.3 Å². The molecule has 1 N–H and O–H groups in total. The van der Waals surface area contributed by atoms with Gasteiger partial charge in [0.2, 0.25) is 0 Å². The van der Waals surface area contributed by atoms with Crippen molar-refractivity contribution in [2.24, 2.45) is 0 Å². The maximum Gasteiger partial charge on any atom is 0.269 e. The summed E-state index contributed by atoms with van der Waals surface area (Å²) in [5.41, 5.74) is 1.93. The van der Waals surface area contributed by atoms with Crippen molar-refractivity contribution in [3.8, 4) is 16.2 Å². The summed E-state index contributed by atoms with van der Waals surface area (Å²) in [5.74, 6) is -0.197. The Balaban J connectivity index is 1.53. The van der Waals surface area contributed by atoms with Gasteiger partial charge in [-0.2, -0.15) is 0 Å². The van der Waals surface area contributed by atoms with Crippen LogP contribution in [0.25, 0.3) is 10.4 Å². The van der Waals surface area contributed by atoms with E-state index in [0.717, 1.165) is 10.4 Å². The fraction of sp³-hybridized carbons (Fsp3) is 0.227. The summed E-state index contributed by atoms with van der Waals surface area (Å²) < 4.78 is 25.3. The summed E-state index contributed by atoms with van der Waals surface area (Å²) in [7, 11) is 1.53. The van der Waals surface area contributed by atoms with Gasteiger partial charge in [0.25, 0.3) is 5.91 Å². The molecule has 0 saturated carbocycles. The first-order chi connectivity index (χ1) is 14.2. The van der Waals surface area contributed by atoms with E-state index >= 15 is 0 Å². The molecule has 1 aromatic heterocycles. The van der Waals surface area contributed by atoms with Gasteiger partial charge in [-0.1, -0.05) is 30.3 Å². The van der Waals surface area contributed by atoms with Crippen LogP contribution in [0.5, 0.6) is 5.75 Å². The number of ether oxygens (including phenoxy) is 2. The molecule has 7 heteroatoms. The number of rotatable bonds is 5. The third-order valence-corrected chi connectivity index (χ3v) is 5.90. The highest BCUT2D eigenvalue weighted by molar-refractivity contribution is 7.17.